The van der Waals surface area contributed by atoms with Crippen molar-refractivity contribution in [1.29, 1.82) is 0 Å². The SMILES string of the molecule is O=C(O)CCCN1CCC(c2ccc(F)cc2)CC1. The van der Waals surface area contributed by atoms with Gasteiger partial charge in [-0.2, -0.15) is 0 Å². The highest BCUT2D eigenvalue weighted by Crippen LogP contribution is 2.28. The molecule has 1 aromatic carbocycles. The Hall–Kier alpha value is -1.42. The molecule has 2 rings (SSSR count). The van der Waals surface area contributed by atoms with Gasteiger partial charge in [0.25, 0.3) is 0 Å². The summed E-state index contributed by atoms with van der Waals surface area (Å²) in [5.74, 6) is -0.396. The molecule has 1 fully saturated rings. The number of halogens is 1. The van der Waals surface area contributed by atoms with Crippen molar-refractivity contribution in [3.05, 3.63) is 35.6 Å². The molecular weight excluding hydrogens is 245 g/mol. The highest BCUT2D eigenvalue weighted by molar-refractivity contribution is 5.66. The predicted octanol–water partition coefficient (Wildman–Crippen LogP) is 2.87. The van der Waals surface area contributed by atoms with Gasteiger partial charge in [0.1, 0.15) is 5.82 Å². The number of hydrogen-bond donors (Lipinski definition) is 1. The molecule has 19 heavy (non-hydrogen) atoms. The molecule has 0 aliphatic carbocycles. The van der Waals surface area contributed by atoms with Crippen molar-refractivity contribution in [2.75, 3.05) is 19.6 Å². The van der Waals surface area contributed by atoms with E-state index in [1.54, 1.807) is 0 Å². The van der Waals surface area contributed by atoms with E-state index in [9.17, 15) is 9.18 Å². The van der Waals surface area contributed by atoms with Crippen molar-refractivity contribution in [1.82, 2.24) is 4.90 Å². The summed E-state index contributed by atoms with van der Waals surface area (Å²) in [4.78, 5) is 12.8. The molecule has 0 radical (unpaired) electrons. The fraction of sp³-hybridized carbons (Fsp3) is 0.533. The van der Waals surface area contributed by atoms with Gasteiger partial charge in [0.05, 0.1) is 0 Å². The maximum atomic E-state index is 12.9. The van der Waals surface area contributed by atoms with Crippen molar-refractivity contribution in [2.45, 2.75) is 31.6 Å². The Bertz CT molecular complexity index is 411. The molecule has 1 aliphatic rings. The molecule has 0 spiro atoms. The Balaban J connectivity index is 1.76. The van der Waals surface area contributed by atoms with Gasteiger partial charge in [-0.05, 0) is 62.5 Å². The molecule has 1 N–H and O–H groups in total. The van der Waals surface area contributed by atoms with Crippen LogP contribution in [0.1, 0.15) is 37.2 Å². The molecule has 1 aromatic rings. The van der Waals surface area contributed by atoms with Crippen LogP contribution in [0.4, 0.5) is 4.39 Å². The van der Waals surface area contributed by atoms with E-state index in [0.717, 1.165) is 38.9 Å². The van der Waals surface area contributed by atoms with Crippen LogP contribution in [-0.2, 0) is 4.79 Å². The van der Waals surface area contributed by atoms with E-state index in [0.29, 0.717) is 5.92 Å². The van der Waals surface area contributed by atoms with Gasteiger partial charge in [-0.15, -0.1) is 0 Å². The van der Waals surface area contributed by atoms with Crippen LogP contribution >= 0.6 is 0 Å². The average molecular weight is 265 g/mol. The van der Waals surface area contributed by atoms with E-state index in [2.05, 4.69) is 4.90 Å². The van der Waals surface area contributed by atoms with E-state index < -0.39 is 5.97 Å². The maximum Gasteiger partial charge on any atom is 0.303 e. The molecule has 1 aliphatic heterocycles. The third-order valence-corrected chi connectivity index (χ3v) is 3.79. The molecule has 0 unspecified atom stereocenters. The molecule has 0 bridgehead atoms. The minimum atomic E-state index is -0.721. The van der Waals surface area contributed by atoms with Gasteiger partial charge < -0.3 is 10.0 Å². The second-order valence-electron chi connectivity index (χ2n) is 5.16. The van der Waals surface area contributed by atoms with Crippen molar-refractivity contribution in [2.24, 2.45) is 0 Å². The third kappa shape index (κ3) is 4.31. The van der Waals surface area contributed by atoms with E-state index in [4.69, 9.17) is 5.11 Å². The third-order valence-electron chi connectivity index (χ3n) is 3.79. The van der Waals surface area contributed by atoms with E-state index in [-0.39, 0.29) is 12.2 Å². The zero-order chi connectivity index (χ0) is 13.7. The number of piperidine rings is 1. The lowest BCUT2D eigenvalue weighted by atomic mass is 9.89. The highest BCUT2D eigenvalue weighted by Gasteiger charge is 2.20. The summed E-state index contributed by atoms with van der Waals surface area (Å²) in [5, 5.41) is 8.61. The lowest BCUT2D eigenvalue weighted by molar-refractivity contribution is -0.137. The van der Waals surface area contributed by atoms with Gasteiger partial charge in [0, 0.05) is 6.42 Å². The van der Waals surface area contributed by atoms with E-state index >= 15 is 0 Å². The van der Waals surface area contributed by atoms with E-state index in [1.807, 2.05) is 12.1 Å². The molecule has 0 amide bonds. The Morgan fingerprint density at radius 2 is 1.89 bits per heavy atom. The van der Waals surface area contributed by atoms with Crippen LogP contribution in [0, 0.1) is 5.82 Å². The van der Waals surface area contributed by atoms with Gasteiger partial charge in [0.15, 0.2) is 0 Å². The first-order valence-corrected chi connectivity index (χ1v) is 6.85. The number of carboxylic acids is 1. The first kappa shape index (κ1) is 14.0. The van der Waals surface area contributed by atoms with Gasteiger partial charge in [0.2, 0.25) is 0 Å². The molecule has 4 heteroatoms. The lowest BCUT2D eigenvalue weighted by Gasteiger charge is -2.32. The molecule has 0 aromatic heterocycles. The largest absolute Gasteiger partial charge is 0.481 e. The smallest absolute Gasteiger partial charge is 0.303 e. The Labute approximate surface area is 113 Å². The molecule has 104 valence electrons. The summed E-state index contributed by atoms with van der Waals surface area (Å²) in [7, 11) is 0. The summed E-state index contributed by atoms with van der Waals surface area (Å²) in [6.45, 7) is 2.87. The molecule has 1 heterocycles. The molecule has 0 saturated carbocycles. The summed E-state index contributed by atoms with van der Waals surface area (Å²) >= 11 is 0. The maximum absolute atomic E-state index is 12.9. The average Bonchev–Trinajstić information content (AvgIpc) is 2.40. The topological polar surface area (TPSA) is 40.5 Å². The van der Waals surface area contributed by atoms with Crippen LogP contribution in [0.3, 0.4) is 0 Å². The monoisotopic (exact) mass is 265 g/mol. The molecule has 0 atom stereocenters. The van der Waals surface area contributed by atoms with Gasteiger partial charge in [-0.25, -0.2) is 4.39 Å². The van der Waals surface area contributed by atoms with Crippen molar-refractivity contribution in [3.63, 3.8) is 0 Å². The van der Waals surface area contributed by atoms with E-state index in [1.165, 1.54) is 17.7 Å². The van der Waals surface area contributed by atoms with Crippen molar-refractivity contribution >= 4 is 5.97 Å². The lowest BCUT2D eigenvalue weighted by Crippen LogP contribution is -2.33. The minimum Gasteiger partial charge on any atom is -0.481 e. The number of benzene rings is 1. The number of aliphatic carboxylic acids is 1. The van der Waals surface area contributed by atoms with Crippen LogP contribution in [0.2, 0.25) is 0 Å². The quantitative estimate of drug-likeness (QED) is 0.890. The minimum absolute atomic E-state index is 0.185. The fourth-order valence-corrected chi connectivity index (χ4v) is 2.68. The number of rotatable bonds is 5. The van der Waals surface area contributed by atoms with Crippen LogP contribution in [0.15, 0.2) is 24.3 Å². The Kier molecular flexibility index (Phi) is 4.91. The number of carbonyl (C=O) groups is 1. The van der Waals surface area contributed by atoms with Gasteiger partial charge in [-0.3, -0.25) is 4.79 Å². The van der Waals surface area contributed by atoms with Gasteiger partial charge >= 0.3 is 5.97 Å². The molecule has 1 saturated heterocycles. The zero-order valence-corrected chi connectivity index (χ0v) is 11.0. The number of likely N-dealkylation sites (tertiary alicyclic amines) is 1. The number of carboxylic acid groups (broad SMARTS) is 1. The van der Waals surface area contributed by atoms with Crippen molar-refractivity contribution in [3.8, 4) is 0 Å². The highest BCUT2D eigenvalue weighted by atomic mass is 19.1. The second-order valence-corrected chi connectivity index (χ2v) is 5.16. The Morgan fingerprint density at radius 3 is 2.47 bits per heavy atom. The first-order valence-electron chi connectivity index (χ1n) is 6.85. The number of hydrogen-bond acceptors (Lipinski definition) is 2. The van der Waals surface area contributed by atoms with Crippen LogP contribution in [0.5, 0.6) is 0 Å². The van der Waals surface area contributed by atoms with Gasteiger partial charge in [-0.1, -0.05) is 12.1 Å². The normalized spacial score (nSPS) is 17.5. The van der Waals surface area contributed by atoms with Crippen molar-refractivity contribution < 1.29 is 14.3 Å². The zero-order valence-electron chi connectivity index (χ0n) is 11.0. The standard InChI is InChI=1S/C15H20FNO2/c16-14-5-3-12(4-6-14)13-7-10-17(11-8-13)9-1-2-15(18)19/h3-6,13H,1-2,7-11H2,(H,18,19). The second kappa shape index (κ2) is 6.66. The summed E-state index contributed by atoms with van der Waals surface area (Å²) in [5.41, 5.74) is 1.21. The summed E-state index contributed by atoms with van der Waals surface area (Å²) < 4.78 is 12.9. The molecular formula is C15H20FNO2. The summed E-state index contributed by atoms with van der Waals surface area (Å²) in [6, 6.07) is 6.79. The first-order chi connectivity index (χ1) is 9.15. The fourth-order valence-electron chi connectivity index (χ4n) is 2.68. The molecule has 3 nitrogen and oxygen atoms in total. The Morgan fingerprint density at radius 1 is 1.26 bits per heavy atom. The van der Waals surface area contributed by atoms with Crippen LogP contribution in [-0.4, -0.2) is 35.6 Å². The van der Waals surface area contributed by atoms with Crippen LogP contribution in [0.25, 0.3) is 0 Å². The van der Waals surface area contributed by atoms with Crippen LogP contribution < -0.4 is 0 Å². The predicted molar refractivity (Wildman–Crippen MR) is 71.7 cm³/mol. The summed E-state index contributed by atoms with van der Waals surface area (Å²) in [6.07, 6.45) is 3.10. The number of nitrogens with zero attached hydrogens (tertiary/aromatic N) is 1.